The summed E-state index contributed by atoms with van der Waals surface area (Å²) >= 11 is 0. The van der Waals surface area contributed by atoms with Gasteiger partial charge in [-0.1, -0.05) is 48.6 Å². The van der Waals surface area contributed by atoms with Crippen molar-refractivity contribution in [3.05, 3.63) is 54.1 Å². The molecule has 1 aliphatic rings. The van der Waals surface area contributed by atoms with E-state index in [-0.39, 0.29) is 6.61 Å². The fourth-order valence-electron chi connectivity index (χ4n) is 2.47. The summed E-state index contributed by atoms with van der Waals surface area (Å²) in [6.07, 6.45) is 3.85. The molecule has 2 atom stereocenters. The Morgan fingerprint density at radius 3 is 2.73 bits per heavy atom. The van der Waals surface area contributed by atoms with Gasteiger partial charge in [-0.3, -0.25) is 4.79 Å². The highest BCUT2D eigenvalue weighted by molar-refractivity contribution is 5.75. The van der Waals surface area contributed by atoms with E-state index in [1.165, 1.54) is 0 Å². The highest BCUT2D eigenvalue weighted by atomic mass is 16.5. The highest BCUT2D eigenvalue weighted by Crippen LogP contribution is 2.29. The van der Waals surface area contributed by atoms with E-state index in [2.05, 4.69) is 11.9 Å². The van der Waals surface area contributed by atoms with E-state index in [1.807, 2.05) is 36.4 Å². The number of alkyl carbamates (subject to hydrolysis) is 1. The second-order valence-corrected chi connectivity index (χ2v) is 5.27. The van der Waals surface area contributed by atoms with Crippen molar-refractivity contribution in [1.29, 1.82) is 0 Å². The predicted octanol–water partition coefficient (Wildman–Crippen LogP) is 2.85. The third kappa shape index (κ3) is 4.48. The summed E-state index contributed by atoms with van der Waals surface area (Å²) in [6, 6.07) is 9.21. The lowest BCUT2D eigenvalue weighted by Gasteiger charge is -2.16. The average Bonchev–Trinajstić information content (AvgIpc) is 2.85. The SMILES string of the molecule is C=C1C[C@H](C(=O)O)[C@H](NC(=O)OC/C=C/c2ccccc2)C1. The molecule has 1 aliphatic carbocycles. The number of carbonyl (C=O) groups is 2. The number of hydrogen-bond donors (Lipinski definition) is 2. The number of hydrogen-bond acceptors (Lipinski definition) is 3. The lowest BCUT2D eigenvalue weighted by molar-refractivity contribution is -0.142. The first-order chi connectivity index (χ1) is 10.6. The zero-order valence-electron chi connectivity index (χ0n) is 12.2. The summed E-state index contributed by atoms with van der Waals surface area (Å²) < 4.78 is 5.03. The van der Waals surface area contributed by atoms with Crippen LogP contribution >= 0.6 is 0 Å². The summed E-state index contributed by atoms with van der Waals surface area (Å²) in [7, 11) is 0. The molecule has 2 N–H and O–H groups in total. The smallest absolute Gasteiger partial charge is 0.407 e. The van der Waals surface area contributed by atoms with Gasteiger partial charge in [-0.25, -0.2) is 4.79 Å². The third-order valence-corrected chi connectivity index (χ3v) is 3.54. The van der Waals surface area contributed by atoms with Crippen molar-refractivity contribution in [2.75, 3.05) is 6.61 Å². The summed E-state index contributed by atoms with van der Waals surface area (Å²) in [5.41, 5.74) is 1.85. The summed E-state index contributed by atoms with van der Waals surface area (Å²) in [6.45, 7) is 3.92. The van der Waals surface area contributed by atoms with Gasteiger partial charge in [0.25, 0.3) is 0 Å². The molecular formula is C17H19NO4. The topological polar surface area (TPSA) is 75.6 Å². The van der Waals surface area contributed by atoms with Gasteiger partial charge in [0.15, 0.2) is 0 Å². The van der Waals surface area contributed by atoms with Crippen LogP contribution in [0.5, 0.6) is 0 Å². The van der Waals surface area contributed by atoms with Gasteiger partial charge in [-0.15, -0.1) is 0 Å². The number of rotatable bonds is 5. The van der Waals surface area contributed by atoms with E-state index in [9.17, 15) is 9.59 Å². The van der Waals surface area contributed by atoms with Crippen LogP contribution in [0.3, 0.4) is 0 Å². The molecule has 0 aliphatic heterocycles. The van der Waals surface area contributed by atoms with Crippen LogP contribution in [0.2, 0.25) is 0 Å². The molecule has 5 heteroatoms. The van der Waals surface area contributed by atoms with Crippen LogP contribution < -0.4 is 5.32 Å². The number of aliphatic carboxylic acids is 1. The standard InChI is InChI=1S/C17H19NO4/c1-12-10-14(16(19)20)15(11-12)18-17(21)22-9-5-8-13-6-3-2-4-7-13/h2-8,14-15H,1,9-11H2,(H,18,21)(H,19,20)/b8-5+/t14-,15+/m0/s1. The van der Waals surface area contributed by atoms with Crippen molar-refractivity contribution in [3.8, 4) is 0 Å². The van der Waals surface area contributed by atoms with E-state index >= 15 is 0 Å². The van der Waals surface area contributed by atoms with E-state index in [4.69, 9.17) is 9.84 Å². The molecule has 1 amide bonds. The van der Waals surface area contributed by atoms with Gasteiger partial charge in [-0.2, -0.15) is 0 Å². The molecule has 116 valence electrons. The van der Waals surface area contributed by atoms with Crippen LogP contribution in [0.4, 0.5) is 4.79 Å². The largest absolute Gasteiger partial charge is 0.481 e. The molecule has 5 nitrogen and oxygen atoms in total. The zero-order valence-corrected chi connectivity index (χ0v) is 12.2. The van der Waals surface area contributed by atoms with Gasteiger partial charge in [0.1, 0.15) is 6.61 Å². The number of ether oxygens (including phenoxy) is 1. The zero-order chi connectivity index (χ0) is 15.9. The van der Waals surface area contributed by atoms with Gasteiger partial charge in [0.05, 0.1) is 5.92 Å². The van der Waals surface area contributed by atoms with Crippen molar-refractivity contribution in [1.82, 2.24) is 5.32 Å². The number of carbonyl (C=O) groups excluding carboxylic acids is 1. The number of amides is 1. The molecule has 0 bridgehead atoms. The Morgan fingerprint density at radius 1 is 1.32 bits per heavy atom. The average molecular weight is 301 g/mol. The van der Waals surface area contributed by atoms with Crippen molar-refractivity contribution in [3.63, 3.8) is 0 Å². The maximum absolute atomic E-state index is 11.7. The van der Waals surface area contributed by atoms with Gasteiger partial charge in [-0.05, 0) is 24.5 Å². The molecule has 1 aromatic carbocycles. The Bertz CT molecular complexity index is 580. The molecule has 0 heterocycles. The molecule has 0 spiro atoms. The maximum Gasteiger partial charge on any atom is 0.407 e. The molecule has 2 rings (SSSR count). The van der Waals surface area contributed by atoms with Crippen molar-refractivity contribution in [2.24, 2.45) is 5.92 Å². The molecular weight excluding hydrogens is 282 g/mol. The van der Waals surface area contributed by atoms with Gasteiger partial charge in [0.2, 0.25) is 0 Å². The Hall–Kier alpha value is -2.56. The Labute approximate surface area is 129 Å². The maximum atomic E-state index is 11.7. The van der Waals surface area contributed by atoms with Crippen molar-refractivity contribution < 1.29 is 19.4 Å². The number of carboxylic acids is 1. The first kappa shape index (κ1) is 15.8. The van der Waals surface area contributed by atoms with E-state index in [0.717, 1.165) is 11.1 Å². The molecule has 22 heavy (non-hydrogen) atoms. The van der Waals surface area contributed by atoms with Gasteiger partial charge >= 0.3 is 12.1 Å². The minimum absolute atomic E-state index is 0.131. The molecule has 0 aromatic heterocycles. The first-order valence-corrected chi connectivity index (χ1v) is 7.10. The fraction of sp³-hybridized carbons (Fsp3) is 0.294. The fourth-order valence-corrected chi connectivity index (χ4v) is 2.47. The van der Waals surface area contributed by atoms with E-state index in [1.54, 1.807) is 6.08 Å². The molecule has 0 radical (unpaired) electrons. The normalized spacial score (nSPS) is 21.0. The number of nitrogens with one attached hydrogen (secondary N) is 1. The minimum Gasteiger partial charge on any atom is -0.481 e. The predicted molar refractivity (Wildman–Crippen MR) is 83.2 cm³/mol. The number of carboxylic acid groups (broad SMARTS) is 1. The Balaban J connectivity index is 1.77. The van der Waals surface area contributed by atoms with Gasteiger partial charge in [0, 0.05) is 6.04 Å². The molecule has 1 aromatic rings. The van der Waals surface area contributed by atoms with Crippen molar-refractivity contribution >= 4 is 18.1 Å². The van der Waals surface area contributed by atoms with Crippen LogP contribution in [0.25, 0.3) is 6.08 Å². The second-order valence-electron chi connectivity index (χ2n) is 5.27. The molecule has 0 saturated heterocycles. The quantitative estimate of drug-likeness (QED) is 0.820. The van der Waals surface area contributed by atoms with Crippen molar-refractivity contribution in [2.45, 2.75) is 18.9 Å². The van der Waals surface area contributed by atoms with Crippen LogP contribution in [-0.4, -0.2) is 29.8 Å². The Kier molecular flexibility index (Phi) is 5.36. The number of benzene rings is 1. The lowest BCUT2D eigenvalue weighted by Crippen LogP contribution is -2.40. The van der Waals surface area contributed by atoms with E-state index < -0.39 is 24.0 Å². The summed E-state index contributed by atoms with van der Waals surface area (Å²) in [4.78, 5) is 22.8. The van der Waals surface area contributed by atoms with Crippen LogP contribution in [0, 0.1) is 5.92 Å². The first-order valence-electron chi connectivity index (χ1n) is 7.10. The Morgan fingerprint density at radius 2 is 2.05 bits per heavy atom. The second kappa shape index (κ2) is 7.45. The lowest BCUT2D eigenvalue weighted by atomic mass is 10.0. The third-order valence-electron chi connectivity index (χ3n) is 3.54. The molecule has 1 saturated carbocycles. The van der Waals surface area contributed by atoms with Gasteiger partial charge < -0.3 is 15.2 Å². The summed E-state index contributed by atoms with van der Waals surface area (Å²) in [5.74, 6) is -1.55. The van der Waals surface area contributed by atoms with Crippen LogP contribution in [0.1, 0.15) is 18.4 Å². The van der Waals surface area contributed by atoms with Crippen LogP contribution in [0.15, 0.2) is 48.6 Å². The highest BCUT2D eigenvalue weighted by Gasteiger charge is 2.36. The van der Waals surface area contributed by atoms with E-state index in [0.29, 0.717) is 12.8 Å². The summed E-state index contributed by atoms with van der Waals surface area (Å²) in [5, 5.41) is 11.7. The molecule has 0 unspecified atom stereocenters. The monoisotopic (exact) mass is 301 g/mol. The van der Waals surface area contributed by atoms with Crippen LogP contribution in [-0.2, 0) is 9.53 Å². The molecule has 1 fully saturated rings. The minimum atomic E-state index is -0.923.